The van der Waals surface area contributed by atoms with Gasteiger partial charge in [0.15, 0.2) is 11.5 Å². The number of ether oxygens (including phenoxy) is 3. The van der Waals surface area contributed by atoms with Gasteiger partial charge in [-0.05, 0) is 29.7 Å². The summed E-state index contributed by atoms with van der Waals surface area (Å²) in [6.45, 7) is 0. The first kappa shape index (κ1) is 18.5. The minimum absolute atomic E-state index is 0.295. The lowest BCUT2D eigenvalue weighted by molar-refractivity contribution is 0.102. The highest BCUT2D eigenvalue weighted by Gasteiger charge is 2.20. The number of hydrogen-bond donors (Lipinski definition) is 3. The first-order chi connectivity index (χ1) is 14.0. The van der Waals surface area contributed by atoms with Gasteiger partial charge in [-0.25, -0.2) is 0 Å². The van der Waals surface area contributed by atoms with Crippen LogP contribution in [0.15, 0.2) is 48.5 Å². The van der Waals surface area contributed by atoms with E-state index in [9.17, 15) is 4.79 Å². The lowest BCUT2D eigenvalue weighted by atomic mass is 10.1. The van der Waals surface area contributed by atoms with Crippen molar-refractivity contribution in [2.75, 3.05) is 32.4 Å². The second-order valence-electron chi connectivity index (χ2n) is 6.53. The highest BCUT2D eigenvalue weighted by atomic mass is 16.5. The summed E-state index contributed by atoms with van der Waals surface area (Å²) < 4.78 is 16.3. The number of fused-ring (bicyclic) bond motifs is 2. The van der Waals surface area contributed by atoms with Gasteiger partial charge < -0.3 is 30.2 Å². The minimum atomic E-state index is -0.295. The molecule has 0 aliphatic heterocycles. The van der Waals surface area contributed by atoms with Crippen LogP contribution in [0.4, 0.5) is 11.4 Å². The topological polar surface area (TPSA) is 98.6 Å². The summed E-state index contributed by atoms with van der Waals surface area (Å²) in [5.41, 5.74) is 8.37. The van der Waals surface area contributed by atoms with Crippen molar-refractivity contribution >= 4 is 39.0 Å². The molecule has 1 amide bonds. The van der Waals surface area contributed by atoms with E-state index in [1.54, 1.807) is 25.3 Å². The Morgan fingerprint density at radius 2 is 1.69 bits per heavy atom. The number of methoxy groups -OCH3 is 3. The van der Waals surface area contributed by atoms with Crippen molar-refractivity contribution in [2.24, 2.45) is 0 Å². The Balaban J connectivity index is 1.72. The number of nitrogens with one attached hydrogen (secondary N) is 2. The number of rotatable bonds is 5. The summed E-state index contributed by atoms with van der Waals surface area (Å²) >= 11 is 0. The van der Waals surface area contributed by atoms with Gasteiger partial charge in [-0.3, -0.25) is 4.79 Å². The zero-order valence-electron chi connectivity index (χ0n) is 16.3. The second-order valence-corrected chi connectivity index (χ2v) is 6.53. The molecule has 7 nitrogen and oxygen atoms in total. The average molecular weight is 391 g/mol. The third-order valence-corrected chi connectivity index (χ3v) is 4.82. The summed E-state index contributed by atoms with van der Waals surface area (Å²) in [4.78, 5) is 16.0. The van der Waals surface area contributed by atoms with Crippen molar-refractivity contribution in [1.29, 1.82) is 0 Å². The zero-order valence-corrected chi connectivity index (χ0v) is 16.3. The fourth-order valence-corrected chi connectivity index (χ4v) is 3.48. The number of aromatic nitrogens is 1. The smallest absolute Gasteiger partial charge is 0.272 e. The normalized spacial score (nSPS) is 10.9. The molecule has 0 aliphatic carbocycles. The van der Waals surface area contributed by atoms with E-state index >= 15 is 0 Å². The molecule has 0 spiro atoms. The molecule has 4 aromatic rings. The van der Waals surface area contributed by atoms with E-state index in [2.05, 4.69) is 10.3 Å². The molecule has 148 valence electrons. The third-order valence-electron chi connectivity index (χ3n) is 4.82. The molecule has 0 aliphatic rings. The maximum atomic E-state index is 12.9. The van der Waals surface area contributed by atoms with Crippen LogP contribution in [0, 0.1) is 0 Å². The number of benzene rings is 3. The van der Waals surface area contributed by atoms with Crippen molar-refractivity contribution < 1.29 is 19.0 Å². The summed E-state index contributed by atoms with van der Waals surface area (Å²) in [6, 6.07) is 14.9. The van der Waals surface area contributed by atoms with Crippen LogP contribution in [-0.4, -0.2) is 32.2 Å². The molecule has 7 heteroatoms. The summed E-state index contributed by atoms with van der Waals surface area (Å²) in [7, 11) is 4.62. The molecule has 4 N–H and O–H groups in total. The van der Waals surface area contributed by atoms with E-state index in [1.165, 1.54) is 14.2 Å². The molecule has 0 atom stereocenters. The van der Waals surface area contributed by atoms with Gasteiger partial charge >= 0.3 is 0 Å². The molecule has 0 unspecified atom stereocenters. The number of hydrogen-bond acceptors (Lipinski definition) is 5. The summed E-state index contributed by atoms with van der Waals surface area (Å²) in [5, 5.41) is 5.56. The average Bonchev–Trinajstić information content (AvgIpc) is 3.16. The standard InChI is InChI=1S/C22H21N3O4/c1-27-18-10-13-9-17(25-19(13)21(29-3)20(18)28-2)22(26)24-14-8-12-6-4-5-7-15(12)16(23)11-14/h4-11,25H,23H2,1-3H3,(H,24,26). The van der Waals surface area contributed by atoms with E-state index in [0.29, 0.717) is 39.8 Å². The van der Waals surface area contributed by atoms with E-state index < -0.39 is 0 Å². The van der Waals surface area contributed by atoms with Gasteiger partial charge in [0.05, 0.1) is 26.8 Å². The molecule has 0 bridgehead atoms. The number of anilines is 2. The van der Waals surface area contributed by atoms with Gasteiger partial charge in [0.25, 0.3) is 5.91 Å². The predicted molar refractivity (Wildman–Crippen MR) is 114 cm³/mol. The van der Waals surface area contributed by atoms with Crippen LogP contribution in [0.1, 0.15) is 10.5 Å². The molecule has 4 rings (SSSR count). The van der Waals surface area contributed by atoms with Crippen molar-refractivity contribution in [3.05, 3.63) is 54.2 Å². The van der Waals surface area contributed by atoms with Crippen molar-refractivity contribution in [2.45, 2.75) is 0 Å². The highest BCUT2D eigenvalue weighted by Crippen LogP contribution is 2.43. The Bertz CT molecular complexity index is 1230. The van der Waals surface area contributed by atoms with Crippen LogP contribution in [-0.2, 0) is 0 Å². The van der Waals surface area contributed by atoms with Gasteiger partial charge in [0, 0.05) is 22.1 Å². The lowest BCUT2D eigenvalue weighted by Gasteiger charge is -2.12. The third kappa shape index (κ3) is 3.16. The Labute approximate surface area is 167 Å². The van der Waals surface area contributed by atoms with Crippen molar-refractivity contribution in [1.82, 2.24) is 4.98 Å². The fraction of sp³-hybridized carbons (Fsp3) is 0.136. The summed E-state index contributed by atoms with van der Waals surface area (Å²) in [6.07, 6.45) is 0. The lowest BCUT2D eigenvalue weighted by Crippen LogP contribution is -2.12. The van der Waals surface area contributed by atoms with Crippen molar-refractivity contribution in [3.8, 4) is 17.2 Å². The van der Waals surface area contributed by atoms with Gasteiger partial charge in [0.1, 0.15) is 5.69 Å². The molecule has 29 heavy (non-hydrogen) atoms. The number of carbonyl (C=O) groups is 1. The van der Waals surface area contributed by atoms with Crippen LogP contribution in [0.5, 0.6) is 17.2 Å². The maximum Gasteiger partial charge on any atom is 0.272 e. The molecule has 0 saturated carbocycles. The molecule has 0 saturated heterocycles. The molecular weight excluding hydrogens is 370 g/mol. The van der Waals surface area contributed by atoms with Gasteiger partial charge in [-0.15, -0.1) is 0 Å². The first-order valence-corrected chi connectivity index (χ1v) is 8.97. The van der Waals surface area contributed by atoms with E-state index in [0.717, 1.165) is 16.2 Å². The SMILES string of the molecule is COc1cc2cc(C(=O)Nc3cc(N)c4ccccc4c3)[nH]c2c(OC)c1OC. The number of carbonyl (C=O) groups excluding carboxylic acids is 1. The van der Waals surface area contributed by atoms with E-state index in [1.807, 2.05) is 30.3 Å². The molecule has 3 aromatic carbocycles. The quantitative estimate of drug-likeness (QED) is 0.443. The van der Waals surface area contributed by atoms with Gasteiger partial charge in [0.2, 0.25) is 5.75 Å². The number of nitrogens with two attached hydrogens (primary N) is 1. The predicted octanol–water partition coefficient (Wildman–Crippen LogP) is 4.18. The maximum absolute atomic E-state index is 12.9. The van der Waals surface area contributed by atoms with Gasteiger partial charge in [-0.2, -0.15) is 0 Å². The fourth-order valence-electron chi connectivity index (χ4n) is 3.48. The van der Waals surface area contributed by atoms with Crippen LogP contribution in [0.2, 0.25) is 0 Å². The summed E-state index contributed by atoms with van der Waals surface area (Å²) in [5.74, 6) is 1.15. The van der Waals surface area contributed by atoms with E-state index in [-0.39, 0.29) is 5.91 Å². The zero-order chi connectivity index (χ0) is 20.5. The Morgan fingerprint density at radius 3 is 2.41 bits per heavy atom. The van der Waals surface area contributed by atoms with Crippen LogP contribution in [0.25, 0.3) is 21.7 Å². The minimum Gasteiger partial charge on any atom is -0.493 e. The molecular formula is C22H21N3O4. The van der Waals surface area contributed by atoms with Gasteiger partial charge in [-0.1, -0.05) is 24.3 Å². The number of aromatic amines is 1. The molecule has 1 aromatic heterocycles. The largest absolute Gasteiger partial charge is 0.493 e. The van der Waals surface area contributed by atoms with Crippen LogP contribution >= 0.6 is 0 Å². The van der Waals surface area contributed by atoms with Crippen LogP contribution < -0.4 is 25.3 Å². The highest BCUT2D eigenvalue weighted by molar-refractivity contribution is 6.08. The molecule has 1 heterocycles. The monoisotopic (exact) mass is 391 g/mol. The molecule has 0 fully saturated rings. The van der Waals surface area contributed by atoms with Crippen LogP contribution in [0.3, 0.4) is 0 Å². The van der Waals surface area contributed by atoms with Crippen molar-refractivity contribution in [3.63, 3.8) is 0 Å². The number of nitrogen functional groups attached to an aromatic ring is 1. The first-order valence-electron chi connectivity index (χ1n) is 8.97. The Kier molecular flexibility index (Phi) is 4.64. The molecule has 0 radical (unpaired) electrons. The Morgan fingerprint density at radius 1 is 0.931 bits per heavy atom. The Hall–Kier alpha value is -3.87. The second kappa shape index (κ2) is 7.27. The number of H-pyrrole nitrogens is 1. The van der Waals surface area contributed by atoms with E-state index in [4.69, 9.17) is 19.9 Å². The number of amides is 1.